The van der Waals surface area contributed by atoms with Crippen LogP contribution in [-0.2, 0) is 9.53 Å². The van der Waals surface area contributed by atoms with Crippen molar-refractivity contribution in [1.82, 2.24) is 15.1 Å². The highest BCUT2D eigenvalue weighted by Gasteiger charge is 2.47. The number of nitrogens with one attached hydrogen (secondary N) is 1. The van der Waals surface area contributed by atoms with Gasteiger partial charge in [-0.05, 0) is 39.3 Å². The number of fused-ring (bicyclic) bond motifs is 1. The Balaban J connectivity index is 0.00000161. The Bertz CT molecular complexity index is 374. The van der Waals surface area contributed by atoms with E-state index in [1.807, 2.05) is 0 Å². The molecule has 3 aliphatic rings. The first-order valence-electron chi connectivity index (χ1n) is 7.91. The lowest BCUT2D eigenvalue weighted by molar-refractivity contribution is -0.150. The molecule has 0 radical (unpaired) electrons. The Morgan fingerprint density at radius 3 is 2.90 bits per heavy atom. The van der Waals surface area contributed by atoms with Crippen molar-refractivity contribution >= 4 is 18.3 Å². The standard InChI is InChI=1S/C15H27N3O2.ClH/c1-12-8-17-7-3-4-13(17)9-18(12)14(19)15(11-20-2)5-6-16-10-15;/h12-13,16H,3-11H2,1-2H3;1H. The summed E-state index contributed by atoms with van der Waals surface area (Å²) in [6.07, 6.45) is 3.42. The lowest BCUT2D eigenvalue weighted by atomic mass is 9.85. The monoisotopic (exact) mass is 317 g/mol. The molecule has 3 heterocycles. The van der Waals surface area contributed by atoms with E-state index in [1.54, 1.807) is 7.11 Å². The van der Waals surface area contributed by atoms with Crippen LogP contribution in [0.4, 0.5) is 0 Å². The van der Waals surface area contributed by atoms with E-state index in [0.717, 1.165) is 32.6 Å². The summed E-state index contributed by atoms with van der Waals surface area (Å²) >= 11 is 0. The van der Waals surface area contributed by atoms with Crippen molar-refractivity contribution in [3.8, 4) is 0 Å². The van der Waals surface area contributed by atoms with Crippen LogP contribution in [-0.4, -0.2) is 74.2 Å². The highest BCUT2D eigenvalue weighted by Crippen LogP contribution is 2.32. The largest absolute Gasteiger partial charge is 0.384 e. The van der Waals surface area contributed by atoms with Crippen LogP contribution >= 0.6 is 12.4 Å². The summed E-state index contributed by atoms with van der Waals surface area (Å²) in [6, 6.07) is 0.912. The molecule has 0 saturated carbocycles. The number of halogens is 1. The average Bonchev–Trinajstić information content (AvgIpc) is 3.06. The van der Waals surface area contributed by atoms with Gasteiger partial charge in [0.05, 0.1) is 12.0 Å². The minimum absolute atomic E-state index is 0. The van der Waals surface area contributed by atoms with Crippen LogP contribution in [0.3, 0.4) is 0 Å². The van der Waals surface area contributed by atoms with Crippen LogP contribution in [0.15, 0.2) is 0 Å². The zero-order valence-corrected chi connectivity index (χ0v) is 14.0. The number of nitrogens with zero attached hydrogens (tertiary/aromatic N) is 2. The van der Waals surface area contributed by atoms with Gasteiger partial charge in [-0.15, -0.1) is 12.4 Å². The number of piperazine rings is 1. The van der Waals surface area contributed by atoms with Crippen molar-refractivity contribution in [2.45, 2.75) is 38.3 Å². The third kappa shape index (κ3) is 3.07. The Kier molecular flexibility index (Phi) is 5.52. The van der Waals surface area contributed by atoms with Gasteiger partial charge in [0.15, 0.2) is 0 Å². The summed E-state index contributed by atoms with van der Waals surface area (Å²) in [5.74, 6) is 0.309. The molecule has 3 unspecified atom stereocenters. The van der Waals surface area contributed by atoms with Gasteiger partial charge >= 0.3 is 0 Å². The second-order valence-corrected chi connectivity index (χ2v) is 6.74. The van der Waals surface area contributed by atoms with E-state index in [-0.39, 0.29) is 17.8 Å². The van der Waals surface area contributed by atoms with Crippen molar-refractivity contribution in [1.29, 1.82) is 0 Å². The quantitative estimate of drug-likeness (QED) is 0.833. The number of carbonyl (C=O) groups excluding carboxylic acids is 1. The molecule has 1 amide bonds. The number of carbonyl (C=O) groups is 1. The van der Waals surface area contributed by atoms with Gasteiger partial charge in [-0.3, -0.25) is 9.69 Å². The maximum Gasteiger partial charge on any atom is 0.232 e. The predicted octanol–water partition coefficient (Wildman–Crippen LogP) is 0.729. The summed E-state index contributed by atoms with van der Waals surface area (Å²) < 4.78 is 5.37. The molecule has 21 heavy (non-hydrogen) atoms. The summed E-state index contributed by atoms with van der Waals surface area (Å²) in [6.45, 7) is 7.57. The van der Waals surface area contributed by atoms with Crippen molar-refractivity contribution in [2.75, 3.05) is 46.4 Å². The van der Waals surface area contributed by atoms with E-state index in [2.05, 4.69) is 22.0 Å². The van der Waals surface area contributed by atoms with E-state index in [0.29, 0.717) is 24.6 Å². The maximum absolute atomic E-state index is 13.1. The number of hydrogen-bond donors (Lipinski definition) is 1. The molecule has 0 bridgehead atoms. The van der Waals surface area contributed by atoms with Crippen molar-refractivity contribution in [3.05, 3.63) is 0 Å². The Hall–Kier alpha value is -0.360. The molecule has 3 rings (SSSR count). The second kappa shape index (κ2) is 6.82. The second-order valence-electron chi connectivity index (χ2n) is 6.74. The summed E-state index contributed by atoms with van der Waals surface area (Å²) in [5, 5.41) is 3.34. The van der Waals surface area contributed by atoms with Gasteiger partial charge in [-0.25, -0.2) is 0 Å². The molecule has 0 aromatic rings. The van der Waals surface area contributed by atoms with E-state index in [9.17, 15) is 4.79 Å². The predicted molar refractivity (Wildman–Crippen MR) is 84.8 cm³/mol. The van der Waals surface area contributed by atoms with Crippen molar-refractivity contribution < 1.29 is 9.53 Å². The molecule has 3 fully saturated rings. The van der Waals surface area contributed by atoms with Crippen LogP contribution in [0.25, 0.3) is 0 Å². The SMILES string of the molecule is COCC1(C(=O)N2CC3CCCN3CC2C)CCNC1.Cl. The van der Waals surface area contributed by atoms with E-state index in [4.69, 9.17) is 4.74 Å². The number of rotatable bonds is 3. The van der Waals surface area contributed by atoms with Gasteiger partial charge in [-0.2, -0.15) is 0 Å². The summed E-state index contributed by atoms with van der Waals surface area (Å²) in [4.78, 5) is 17.8. The molecule has 3 saturated heterocycles. The van der Waals surface area contributed by atoms with Crippen molar-refractivity contribution in [3.63, 3.8) is 0 Å². The molecule has 6 heteroatoms. The van der Waals surface area contributed by atoms with E-state index < -0.39 is 0 Å². The fourth-order valence-corrected chi connectivity index (χ4v) is 4.16. The van der Waals surface area contributed by atoms with Gasteiger partial charge in [0, 0.05) is 38.8 Å². The topological polar surface area (TPSA) is 44.8 Å². The highest BCUT2D eigenvalue weighted by molar-refractivity contribution is 5.85. The molecule has 0 aromatic carbocycles. The Labute approximate surface area is 133 Å². The molecule has 0 aromatic heterocycles. The van der Waals surface area contributed by atoms with Crippen LogP contribution in [0.1, 0.15) is 26.2 Å². The molecule has 0 spiro atoms. The molecule has 1 N–H and O–H groups in total. The number of methoxy groups -OCH3 is 1. The van der Waals surface area contributed by atoms with Crippen LogP contribution in [0.5, 0.6) is 0 Å². The first-order chi connectivity index (χ1) is 9.66. The van der Waals surface area contributed by atoms with Gasteiger partial charge in [0.25, 0.3) is 0 Å². The van der Waals surface area contributed by atoms with Gasteiger partial charge < -0.3 is 15.0 Å². The molecular formula is C15H28ClN3O2. The fraction of sp³-hybridized carbons (Fsp3) is 0.933. The third-order valence-electron chi connectivity index (χ3n) is 5.32. The Morgan fingerprint density at radius 2 is 2.24 bits per heavy atom. The molecular weight excluding hydrogens is 290 g/mol. The lowest BCUT2D eigenvalue weighted by Gasteiger charge is -2.45. The zero-order valence-electron chi connectivity index (χ0n) is 13.1. The van der Waals surface area contributed by atoms with Crippen LogP contribution in [0, 0.1) is 5.41 Å². The van der Waals surface area contributed by atoms with Gasteiger partial charge in [0.1, 0.15) is 0 Å². The summed E-state index contributed by atoms with van der Waals surface area (Å²) in [7, 11) is 1.70. The maximum atomic E-state index is 13.1. The molecule has 3 aliphatic heterocycles. The minimum atomic E-state index is -0.330. The first-order valence-corrected chi connectivity index (χ1v) is 7.91. The lowest BCUT2D eigenvalue weighted by Crippen LogP contribution is -2.60. The number of amides is 1. The number of ether oxygens (including phenoxy) is 1. The minimum Gasteiger partial charge on any atom is -0.384 e. The third-order valence-corrected chi connectivity index (χ3v) is 5.32. The molecule has 5 nitrogen and oxygen atoms in total. The van der Waals surface area contributed by atoms with Crippen molar-refractivity contribution in [2.24, 2.45) is 5.41 Å². The highest BCUT2D eigenvalue weighted by atomic mass is 35.5. The van der Waals surface area contributed by atoms with Gasteiger partial charge in [-0.1, -0.05) is 0 Å². The Morgan fingerprint density at radius 1 is 1.43 bits per heavy atom. The first kappa shape index (κ1) is 17.0. The smallest absolute Gasteiger partial charge is 0.232 e. The van der Waals surface area contributed by atoms with E-state index in [1.165, 1.54) is 19.4 Å². The molecule has 3 atom stereocenters. The molecule has 0 aliphatic carbocycles. The zero-order chi connectivity index (χ0) is 14.2. The summed E-state index contributed by atoms with van der Waals surface area (Å²) in [5.41, 5.74) is -0.330. The number of hydrogen-bond acceptors (Lipinski definition) is 4. The average molecular weight is 318 g/mol. The van der Waals surface area contributed by atoms with E-state index >= 15 is 0 Å². The van der Waals surface area contributed by atoms with Crippen LogP contribution in [0.2, 0.25) is 0 Å². The fourth-order valence-electron chi connectivity index (χ4n) is 4.16. The van der Waals surface area contributed by atoms with Gasteiger partial charge in [0.2, 0.25) is 5.91 Å². The normalized spacial score (nSPS) is 36.4. The van der Waals surface area contributed by atoms with Crippen LogP contribution < -0.4 is 5.32 Å². The molecule has 122 valence electrons.